The topological polar surface area (TPSA) is 46.5 Å². The Bertz CT molecular complexity index is 552. The Morgan fingerprint density at radius 2 is 2.00 bits per heavy atom. The Kier molecular flexibility index (Phi) is 2.74. The van der Waals surface area contributed by atoms with Gasteiger partial charge in [0.05, 0.1) is 12.7 Å². The minimum absolute atomic E-state index is 0.180. The summed E-state index contributed by atoms with van der Waals surface area (Å²) in [5.41, 5.74) is 0.901. The molecule has 3 heteroatoms. The molecule has 0 saturated carbocycles. The molecule has 0 aliphatic carbocycles. The van der Waals surface area contributed by atoms with Gasteiger partial charge in [0.25, 0.3) is 1.43 Å². The summed E-state index contributed by atoms with van der Waals surface area (Å²) in [6.45, 7) is 0. The molecular formula is C14H12O3. The average molecular weight is 229 g/mol. The van der Waals surface area contributed by atoms with Crippen molar-refractivity contribution < 1.29 is 14.6 Å². The fourth-order valence-corrected chi connectivity index (χ4v) is 1.56. The Morgan fingerprint density at radius 3 is 2.65 bits per heavy atom. The van der Waals surface area contributed by atoms with Crippen LogP contribution >= 0.6 is 0 Å². The summed E-state index contributed by atoms with van der Waals surface area (Å²) in [7, 11) is 1.52. The van der Waals surface area contributed by atoms with Gasteiger partial charge in [-0.2, -0.15) is 0 Å². The molecule has 0 saturated heterocycles. The number of methoxy groups -OCH3 is 1. The molecule has 3 nitrogen and oxygen atoms in total. The van der Waals surface area contributed by atoms with Crippen LogP contribution in [-0.2, 0) is 0 Å². The highest BCUT2D eigenvalue weighted by Crippen LogP contribution is 2.25. The molecular weight excluding hydrogens is 216 g/mol. The SMILES string of the molecule is [2H]Oc1cc(OC)ccc1C(=O)c1ccccc1. The standard InChI is InChI=1S/C14H12O3/c1-17-11-7-8-12(13(15)9-11)14(16)10-5-3-2-4-6-10/h2-9,15H,1H3/i/hD. The third-order valence-corrected chi connectivity index (χ3v) is 2.47. The lowest BCUT2D eigenvalue weighted by Crippen LogP contribution is -2.01. The molecule has 2 rings (SSSR count). The van der Waals surface area contributed by atoms with Crippen LogP contribution in [0, 0.1) is 0 Å². The highest BCUT2D eigenvalue weighted by atomic mass is 16.5. The van der Waals surface area contributed by atoms with E-state index < -0.39 is 0 Å². The van der Waals surface area contributed by atoms with Crippen LogP contribution in [0.2, 0.25) is 0 Å². The Balaban J connectivity index is 2.42. The number of ether oxygens (including phenoxy) is 1. The maximum absolute atomic E-state index is 12.2. The van der Waals surface area contributed by atoms with E-state index in [2.05, 4.69) is 5.11 Å². The third kappa shape index (κ3) is 2.28. The Hall–Kier alpha value is -2.29. The van der Waals surface area contributed by atoms with E-state index in [1.54, 1.807) is 36.4 Å². The van der Waals surface area contributed by atoms with Crippen molar-refractivity contribution in [1.29, 1.82) is 1.43 Å². The Labute approximate surface area is 101 Å². The van der Waals surface area contributed by atoms with Gasteiger partial charge in [-0.1, -0.05) is 30.3 Å². The predicted molar refractivity (Wildman–Crippen MR) is 64.5 cm³/mol. The summed E-state index contributed by atoms with van der Waals surface area (Å²) in [4.78, 5) is 12.2. The van der Waals surface area contributed by atoms with Gasteiger partial charge in [0.15, 0.2) is 5.78 Å². The van der Waals surface area contributed by atoms with Crippen molar-refractivity contribution in [1.82, 2.24) is 0 Å². The van der Waals surface area contributed by atoms with Crippen molar-refractivity contribution in [3.63, 3.8) is 0 Å². The van der Waals surface area contributed by atoms with Crippen molar-refractivity contribution in [2.45, 2.75) is 0 Å². The van der Waals surface area contributed by atoms with Crippen LogP contribution in [0.15, 0.2) is 48.5 Å². The second kappa shape index (κ2) is 4.70. The quantitative estimate of drug-likeness (QED) is 0.820. The van der Waals surface area contributed by atoms with Gasteiger partial charge in [0.2, 0.25) is 0 Å². The molecule has 0 radical (unpaired) electrons. The number of hydrogen-bond donors (Lipinski definition) is 1. The summed E-state index contributed by atoms with van der Waals surface area (Å²) in [6, 6.07) is 13.6. The molecule has 1 N–H and O–H groups in total. The summed E-state index contributed by atoms with van der Waals surface area (Å²) >= 11 is 0. The third-order valence-electron chi connectivity index (χ3n) is 2.47. The molecule has 0 unspecified atom stereocenters. The molecule has 0 spiro atoms. The summed E-state index contributed by atoms with van der Waals surface area (Å²) in [6.07, 6.45) is 0. The largest absolute Gasteiger partial charge is 0.507 e. The van der Waals surface area contributed by atoms with Crippen LogP contribution in [-0.4, -0.2) is 19.4 Å². The fraction of sp³-hybridized carbons (Fsp3) is 0.0714. The molecule has 2 aromatic rings. The van der Waals surface area contributed by atoms with Crippen LogP contribution in [0.25, 0.3) is 0 Å². The summed E-state index contributed by atoms with van der Waals surface area (Å²) < 4.78 is 12.0. The van der Waals surface area contributed by atoms with Crippen molar-refractivity contribution in [3.8, 4) is 11.5 Å². The molecule has 86 valence electrons. The molecule has 17 heavy (non-hydrogen) atoms. The molecule has 2 aromatic carbocycles. The van der Waals surface area contributed by atoms with Crippen LogP contribution in [0.3, 0.4) is 0 Å². The van der Waals surface area contributed by atoms with E-state index in [0.29, 0.717) is 16.9 Å². The van der Waals surface area contributed by atoms with Gasteiger partial charge < -0.3 is 9.85 Å². The average Bonchev–Trinajstić information content (AvgIpc) is 2.46. The highest BCUT2D eigenvalue weighted by Gasteiger charge is 2.13. The van der Waals surface area contributed by atoms with Crippen LogP contribution in [0.5, 0.6) is 11.5 Å². The second-order valence-electron chi connectivity index (χ2n) is 3.56. The van der Waals surface area contributed by atoms with Crippen molar-refractivity contribution in [2.24, 2.45) is 0 Å². The van der Waals surface area contributed by atoms with E-state index in [9.17, 15) is 4.79 Å². The zero-order valence-corrected chi connectivity index (χ0v) is 9.34. The van der Waals surface area contributed by atoms with Crippen LogP contribution in [0.4, 0.5) is 0 Å². The molecule has 0 aliphatic rings. The molecule has 0 aliphatic heterocycles. The summed E-state index contributed by atoms with van der Waals surface area (Å²) in [5, 5.41) is 4.48. The number of ketones is 1. The van der Waals surface area contributed by atoms with Gasteiger partial charge in [0.1, 0.15) is 11.5 Å². The first-order valence-electron chi connectivity index (χ1n) is 5.58. The fourth-order valence-electron chi connectivity index (χ4n) is 1.56. The minimum Gasteiger partial charge on any atom is -0.507 e. The van der Waals surface area contributed by atoms with E-state index in [1.165, 1.54) is 13.2 Å². The highest BCUT2D eigenvalue weighted by molar-refractivity contribution is 6.10. The lowest BCUT2D eigenvalue weighted by molar-refractivity contribution is 0.103. The van der Waals surface area contributed by atoms with E-state index in [4.69, 9.17) is 6.17 Å². The zero-order chi connectivity index (χ0) is 13.0. The molecule has 0 atom stereocenters. The number of carbonyl (C=O) groups is 1. The van der Waals surface area contributed by atoms with Gasteiger partial charge >= 0.3 is 0 Å². The van der Waals surface area contributed by atoms with Crippen LogP contribution in [0.1, 0.15) is 15.9 Å². The second-order valence-corrected chi connectivity index (χ2v) is 3.56. The molecule has 0 fully saturated rings. The first-order valence-corrected chi connectivity index (χ1v) is 5.17. The van der Waals surface area contributed by atoms with E-state index in [-0.39, 0.29) is 11.5 Å². The van der Waals surface area contributed by atoms with Gasteiger partial charge in [-0.3, -0.25) is 4.79 Å². The normalized spacial score (nSPS) is 10.5. The van der Waals surface area contributed by atoms with Crippen molar-refractivity contribution in [3.05, 3.63) is 59.7 Å². The maximum Gasteiger partial charge on any atom is 0.293 e. The first kappa shape index (κ1) is 9.90. The monoisotopic (exact) mass is 229 g/mol. The molecule has 0 amide bonds. The number of aromatic hydroxyl groups is 1. The minimum atomic E-state index is -0.180. The molecule has 0 aromatic heterocycles. The van der Waals surface area contributed by atoms with Crippen molar-refractivity contribution in [2.75, 3.05) is 7.11 Å². The zero-order valence-electron chi connectivity index (χ0n) is 10.3. The lowest BCUT2D eigenvalue weighted by atomic mass is 10.0. The molecule has 0 heterocycles. The number of carbonyl (C=O) groups excluding carboxylic acids is 1. The first-order chi connectivity index (χ1) is 8.76. The van der Waals surface area contributed by atoms with Crippen molar-refractivity contribution >= 4 is 5.78 Å². The molecule has 0 bridgehead atoms. The number of phenols is 1. The number of hydrogen-bond acceptors (Lipinski definition) is 3. The Morgan fingerprint density at radius 1 is 1.24 bits per heavy atom. The lowest BCUT2D eigenvalue weighted by Gasteiger charge is -2.06. The smallest absolute Gasteiger partial charge is 0.293 e. The predicted octanol–water partition coefficient (Wildman–Crippen LogP) is 2.63. The van der Waals surface area contributed by atoms with Gasteiger partial charge in [-0.15, -0.1) is 0 Å². The van der Waals surface area contributed by atoms with Gasteiger partial charge in [-0.05, 0) is 12.1 Å². The summed E-state index contributed by atoms with van der Waals surface area (Å²) in [5.74, 6) is 0.547. The number of benzene rings is 2. The van der Waals surface area contributed by atoms with E-state index >= 15 is 0 Å². The van der Waals surface area contributed by atoms with E-state index in [1.807, 2.05) is 6.07 Å². The van der Waals surface area contributed by atoms with Gasteiger partial charge in [-0.25, -0.2) is 0 Å². The van der Waals surface area contributed by atoms with Gasteiger partial charge in [0, 0.05) is 11.6 Å². The van der Waals surface area contributed by atoms with E-state index in [0.717, 1.165) is 0 Å². The van der Waals surface area contributed by atoms with Crippen LogP contribution < -0.4 is 4.74 Å². The number of phenolic OH excluding ortho intramolecular Hbond substituents is 1. The number of rotatable bonds is 4. The maximum atomic E-state index is 12.2.